The zero-order chi connectivity index (χ0) is 10.5. The van der Waals surface area contributed by atoms with Crippen LogP contribution in [0.1, 0.15) is 19.3 Å². The molecule has 0 atom stereocenters. The summed E-state index contributed by atoms with van der Waals surface area (Å²) < 4.78 is 5.27. The van der Waals surface area contributed by atoms with Gasteiger partial charge in [-0.1, -0.05) is 0 Å². The maximum absolute atomic E-state index is 11.3. The third-order valence-corrected chi connectivity index (χ3v) is 3.00. The number of hydrogen-bond donors (Lipinski definition) is 1. The van der Waals surface area contributed by atoms with E-state index in [0.717, 1.165) is 58.7 Å². The van der Waals surface area contributed by atoms with Gasteiger partial charge in [0.1, 0.15) is 0 Å². The Labute approximate surface area is 91.0 Å². The molecule has 0 bridgehead atoms. The van der Waals surface area contributed by atoms with E-state index in [4.69, 9.17) is 4.74 Å². The van der Waals surface area contributed by atoms with Crippen LogP contribution in [0.3, 0.4) is 0 Å². The van der Waals surface area contributed by atoms with Crippen molar-refractivity contribution in [3.05, 3.63) is 0 Å². The van der Waals surface area contributed by atoms with Crippen molar-refractivity contribution in [1.82, 2.24) is 10.2 Å². The third-order valence-electron chi connectivity index (χ3n) is 3.00. The van der Waals surface area contributed by atoms with Crippen molar-refractivity contribution in [3.8, 4) is 0 Å². The summed E-state index contributed by atoms with van der Waals surface area (Å²) in [7, 11) is 0. The Morgan fingerprint density at radius 2 is 2.07 bits per heavy atom. The van der Waals surface area contributed by atoms with Gasteiger partial charge in [-0.15, -0.1) is 0 Å². The summed E-state index contributed by atoms with van der Waals surface area (Å²) in [6.07, 6.45) is 3.24. The number of amides is 1. The van der Waals surface area contributed by atoms with Crippen LogP contribution in [0.4, 0.5) is 0 Å². The standard InChI is InChI=1S/C11H20N2O2/c14-11(10-2-3-10)12-4-1-5-13-6-8-15-9-7-13/h10H,1-9H2,(H,12,14). The monoisotopic (exact) mass is 212 g/mol. The summed E-state index contributed by atoms with van der Waals surface area (Å²) in [5.74, 6) is 0.602. The van der Waals surface area contributed by atoms with Gasteiger partial charge in [0.15, 0.2) is 0 Å². The van der Waals surface area contributed by atoms with Crippen LogP contribution < -0.4 is 5.32 Å². The van der Waals surface area contributed by atoms with Crippen molar-refractivity contribution in [2.45, 2.75) is 19.3 Å². The highest BCUT2D eigenvalue weighted by Gasteiger charge is 2.28. The van der Waals surface area contributed by atoms with Crippen molar-refractivity contribution < 1.29 is 9.53 Å². The maximum Gasteiger partial charge on any atom is 0.223 e. The molecular formula is C11H20N2O2. The SMILES string of the molecule is O=C(NCCCN1CCOCC1)C1CC1. The van der Waals surface area contributed by atoms with Gasteiger partial charge in [-0.25, -0.2) is 0 Å². The molecule has 0 radical (unpaired) electrons. The number of nitrogens with zero attached hydrogens (tertiary/aromatic N) is 1. The molecule has 0 aromatic rings. The molecule has 0 aromatic heterocycles. The van der Waals surface area contributed by atoms with E-state index in [2.05, 4.69) is 10.2 Å². The molecule has 4 nitrogen and oxygen atoms in total. The fourth-order valence-electron chi connectivity index (χ4n) is 1.83. The van der Waals surface area contributed by atoms with E-state index in [0.29, 0.717) is 5.92 Å². The molecule has 0 aromatic carbocycles. The van der Waals surface area contributed by atoms with Crippen molar-refractivity contribution in [3.63, 3.8) is 0 Å². The second kappa shape index (κ2) is 5.47. The lowest BCUT2D eigenvalue weighted by Gasteiger charge is -2.26. The highest BCUT2D eigenvalue weighted by Crippen LogP contribution is 2.28. The smallest absolute Gasteiger partial charge is 0.223 e. The lowest BCUT2D eigenvalue weighted by molar-refractivity contribution is -0.122. The van der Waals surface area contributed by atoms with Gasteiger partial charge < -0.3 is 10.1 Å². The van der Waals surface area contributed by atoms with E-state index in [9.17, 15) is 4.79 Å². The predicted octanol–water partition coefficient (Wildman–Crippen LogP) is 0.235. The van der Waals surface area contributed by atoms with E-state index < -0.39 is 0 Å². The van der Waals surface area contributed by atoms with Gasteiger partial charge in [0.25, 0.3) is 0 Å². The van der Waals surface area contributed by atoms with Crippen LogP contribution >= 0.6 is 0 Å². The highest BCUT2D eigenvalue weighted by molar-refractivity contribution is 5.80. The first-order chi connectivity index (χ1) is 7.36. The van der Waals surface area contributed by atoms with Gasteiger partial charge in [0.2, 0.25) is 5.91 Å². The molecule has 0 unspecified atom stereocenters. The highest BCUT2D eigenvalue weighted by atomic mass is 16.5. The number of hydrogen-bond acceptors (Lipinski definition) is 3. The Bertz CT molecular complexity index is 211. The van der Waals surface area contributed by atoms with Crippen molar-refractivity contribution in [2.75, 3.05) is 39.4 Å². The third kappa shape index (κ3) is 3.80. The molecule has 0 spiro atoms. The molecule has 15 heavy (non-hydrogen) atoms. The van der Waals surface area contributed by atoms with E-state index in [1.807, 2.05) is 0 Å². The van der Waals surface area contributed by atoms with Crippen molar-refractivity contribution in [2.24, 2.45) is 5.92 Å². The van der Waals surface area contributed by atoms with Crippen LogP contribution in [0.15, 0.2) is 0 Å². The van der Waals surface area contributed by atoms with Gasteiger partial charge in [0.05, 0.1) is 13.2 Å². The van der Waals surface area contributed by atoms with Gasteiger partial charge in [-0.2, -0.15) is 0 Å². The number of rotatable bonds is 5. The fourth-order valence-corrected chi connectivity index (χ4v) is 1.83. The van der Waals surface area contributed by atoms with E-state index in [1.165, 1.54) is 0 Å². The minimum atomic E-state index is 0.261. The normalized spacial score (nSPS) is 22.7. The number of nitrogens with one attached hydrogen (secondary N) is 1. The summed E-state index contributed by atoms with van der Waals surface area (Å²) in [5, 5.41) is 2.99. The lowest BCUT2D eigenvalue weighted by atomic mass is 10.3. The zero-order valence-electron chi connectivity index (χ0n) is 9.21. The molecule has 2 aliphatic rings. The first kappa shape index (κ1) is 10.9. The molecule has 1 heterocycles. The van der Waals surface area contributed by atoms with Crippen LogP contribution in [0.2, 0.25) is 0 Å². The van der Waals surface area contributed by atoms with Crippen LogP contribution in [-0.2, 0) is 9.53 Å². The molecule has 1 saturated heterocycles. The zero-order valence-corrected chi connectivity index (χ0v) is 9.21. The van der Waals surface area contributed by atoms with Gasteiger partial charge in [-0.05, 0) is 25.8 Å². The molecule has 1 N–H and O–H groups in total. The van der Waals surface area contributed by atoms with Crippen LogP contribution in [0.25, 0.3) is 0 Å². The number of carbonyl (C=O) groups excluding carboxylic acids is 1. The second-order valence-electron chi connectivity index (χ2n) is 4.37. The molecule has 2 rings (SSSR count). The first-order valence-corrected chi connectivity index (χ1v) is 5.94. The van der Waals surface area contributed by atoms with Crippen LogP contribution in [0, 0.1) is 5.92 Å². The van der Waals surface area contributed by atoms with E-state index in [-0.39, 0.29) is 5.91 Å². The Morgan fingerprint density at radius 3 is 2.73 bits per heavy atom. The maximum atomic E-state index is 11.3. The molecule has 1 amide bonds. The second-order valence-corrected chi connectivity index (χ2v) is 4.37. The average Bonchev–Trinajstić information content (AvgIpc) is 3.09. The first-order valence-electron chi connectivity index (χ1n) is 5.94. The molecular weight excluding hydrogens is 192 g/mol. The van der Waals surface area contributed by atoms with Gasteiger partial charge in [-0.3, -0.25) is 9.69 Å². The Kier molecular flexibility index (Phi) is 3.97. The quantitative estimate of drug-likeness (QED) is 0.664. The lowest BCUT2D eigenvalue weighted by Crippen LogP contribution is -2.38. The van der Waals surface area contributed by atoms with Crippen molar-refractivity contribution >= 4 is 5.91 Å². The van der Waals surface area contributed by atoms with E-state index in [1.54, 1.807) is 0 Å². The summed E-state index contributed by atoms with van der Waals surface area (Å²) in [6.45, 7) is 5.69. The van der Waals surface area contributed by atoms with Crippen LogP contribution in [-0.4, -0.2) is 50.2 Å². The molecule has 86 valence electrons. The summed E-state index contributed by atoms with van der Waals surface area (Å²) in [4.78, 5) is 13.7. The number of carbonyl (C=O) groups is 1. The molecule has 4 heteroatoms. The summed E-state index contributed by atoms with van der Waals surface area (Å²) in [5.41, 5.74) is 0. The molecule has 2 fully saturated rings. The fraction of sp³-hybridized carbons (Fsp3) is 0.909. The van der Waals surface area contributed by atoms with E-state index >= 15 is 0 Å². The topological polar surface area (TPSA) is 41.6 Å². The number of ether oxygens (including phenoxy) is 1. The Morgan fingerprint density at radius 1 is 1.33 bits per heavy atom. The minimum Gasteiger partial charge on any atom is -0.379 e. The molecule has 1 saturated carbocycles. The van der Waals surface area contributed by atoms with Gasteiger partial charge >= 0.3 is 0 Å². The Balaban J connectivity index is 1.48. The largest absolute Gasteiger partial charge is 0.379 e. The molecule has 1 aliphatic heterocycles. The predicted molar refractivity (Wildman–Crippen MR) is 57.6 cm³/mol. The molecule has 1 aliphatic carbocycles. The number of morpholine rings is 1. The van der Waals surface area contributed by atoms with Crippen LogP contribution in [0.5, 0.6) is 0 Å². The van der Waals surface area contributed by atoms with Crippen molar-refractivity contribution in [1.29, 1.82) is 0 Å². The Hall–Kier alpha value is -0.610. The summed E-state index contributed by atoms with van der Waals surface area (Å²) >= 11 is 0. The minimum absolute atomic E-state index is 0.261. The average molecular weight is 212 g/mol. The van der Waals surface area contributed by atoms with Gasteiger partial charge in [0, 0.05) is 25.6 Å². The summed E-state index contributed by atoms with van der Waals surface area (Å²) in [6, 6.07) is 0.